The van der Waals surface area contributed by atoms with Crippen LogP contribution in [0.4, 0.5) is 0 Å². The van der Waals surface area contributed by atoms with Gasteiger partial charge >= 0.3 is 17.6 Å². The van der Waals surface area contributed by atoms with Crippen LogP contribution in [0.2, 0.25) is 12.1 Å². The summed E-state index contributed by atoms with van der Waals surface area (Å²) in [5.74, 6) is -3.05. The highest BCUT2D eigenvalue weighted by molar-refractivity contribution is 6.61. The fraction of sp³-hybridized carbons (Fsp3) is 0.677. The van der Waals surface area contributed by atoms with Gasteiger partial charge in [0, 0.05) is 72.7 Å². The largest absolute Gasteiger partial charge is 0.500 e. The topological polar surface area (TPSA) is 130 Å². The van der Waals surface area contributed by atoms with Crippen molar-refractivity contribution in [1.29, 1.82) is 0 Å². The minimum absolute atomic E-state index is 0.0732. The molecule has 14 heteroatoms. The Bertz CT molecular complexity index is 1200. The molecular formula is C31H48N2O10Si2. The molecule has 0 spiro atoms. The van der Waals surface area contributed by atoms with E-state index in [1.54, 1.807) is 0 Å². The first kappa shape index (κ1) is 35.5. The highest BCUT2D eigenvalue weighted by atomic mass is 28.4. The number of fused-ring (bicyclic) bond motifs is 3. The van der Waals surface area contributed by atoms with Crippen molar-refractivity contribution in [3.63, 3.8) is 0 Å². The van der Waals surface area contributed by atoms with E-state index in [2.05, 4.69) is 0 Å². The second-order valence-electron chi connectivity index (χ2n) is 11.6. The summed E-state index contributed by atoms with van der Waals surface area (Å²) in [7, 11) is -1.17. The summed E-state index contributed by atoms with van der Waals surface area (Å²) in [6.45, 7) is 7.51. The molecule has 4 rings (SSSR count). The van der Waals surface area contributed by atoms with Gasteiger partial charge in [0.1, 0.15) is 0 Å². The minimum atomic E-state index is -2.91. The summed E-state index contributed by atoms with van der Waals surface area (Å²) < 4.78 is 34.3. The average Bonchev–Trinajstić information content (AvgIpc) is 3.45. The van der Waals surface area contributed by atoms with Gasteiger partial charge in [-0.05, 0) is 57.1 Å². The molecule has 4 amide bonds. The SMILES string of the molecule is CCO[Si](CCCN1C(=O)CC(C2CC3C(=O)N(CCC[Si](OC)(OC)OC)C(=O)C3c3ccccc32)C1=O)(OCC)OCC. The number of rotatable bonds is 18. The lowest BCUT2D eigenvalue weighted by Gasteiger charge is -2.34. The standard InChI is InChI=1S/C31H48N2O10Si2/c1-7-41-45(42-8-2,43-9-3)19-12-16-32-27(34)21-25(29(32)35)24-20-26-28(23-15-11-10-14-22(23)24)31(37)33(30(26)36)17-13-18-44(38-4,39-5)40-6/h10-11,14-15,24-26,28H,7-9,12-13,16-21H2,1-6H3. The number of nitrogens with zero attached hydrogens (tertiary/aromatic N) is 2. The third kappa shape index (κ3) is 7.17. The molecule has 3 aliphatic rings. The zero-order valence-electron chi connectivity index (χ0n) is 27.4. The second kappa shape index (κ2) is 15.5. The molecule has 2 fully saturated rings. The molecule has 2 aliphatic heterocycles. The number of carbonyl (C=O) groups excluding carboxylic acids is 4. The number of hydrogen-bond donors (Lipinski definition) is 0. The van der Waals surface area contributed by atoms with Crippen LogP contribution < -0.4 is 0 Å². The van der Waals surface area contributed by atoms with Crippen LogP contribution >= 0.6 is 0 Å². The van der Waals surface area contributed by atoms with E-state index in [1.807, 2.05) is 45.0 Å². The molecule has 0 radical (unpaired) electrons. The van der Waals surface area contributed by atoms with Gasteiger partial charge in [-0.15, -0.1) is 0 Å². The molecule has 1 aromatic rings. The number of likely N-dealkylation sites (tertiary alicyclic amines) is 2. The van der Waals surface area contributed by atoms with Crippen LogP contribution in [-0.2, 0) is 45.7 Å². The molecule has 45 heavy (non-hydrogen) atoms. The van der Waals surface area contributed by atoms with Crippen LogP contribution in [0.3, 0.4) is 0 Å². The summed E-state index contributed by atoms with van der Waals surface area (Å²) in [4.78, 5) is 57.1. The fourth-order valence-electron chi connectivity index (χ4n) is 7.23. The van der Waals surface area contributed by atoms with E-state index in [9.17, 15) is 19.2 Å². The Balaban J connectivity index is 1.48. The molecule has 1 aliphatic carbocycles. The number of hydrogen-bond acceptors (Lipinski definition) is 10. The summed E-state index contributed by atoms with van der Waals surface area (Å²) in [6, 6.07) is 8.50. The predicted molar refractivity (Wildman–Crippen MR) is 168 cm³/mol. The Morgan fingerprint density at radius 2 is 1.18 bits per heavy atom. The van der Waals surface area contributed by atoms with Gasteiger partial charge < -0.3 is 26.6 Å². The van der Waals surface area contributed by atoms with Gasteiger partial charge in [-0.25, -0.2) is 0 Å². The van der Waals surface area contributed by atoms with Gasteiger partial charge in [0.25, 0.3) is 0 Å². The lowest BCUT2D eigenvalue weighted by Crippen LogP contribution is -2.46. The molecule has 0 saturated carbocycles. The van der Waals surface area contributed by atoms with Crippen LogP contribution in [0.5, 0.6) is 0 Å². The fourth-order valence-corrected chi connectivity index (χ4v) is 11.5. The highest BCUT2D eigenvalue weighted by Crippen LogP contribution is 2.51. The third-order valence-corrected chi connectivity index (χ3v) is 15.3. The van der Waals surface area contributed by atoms with E-state index in [4.69, 9.17) is 26.6 Å². The summed E-state index contributed by atoms with van der Waals surface area (Å²) in [6.07, 6.45) is 1.39. The van der Waals surface area contributed by atoms with E-state index in [-0.39, 0.29) is 49.1 Å². The molecule has 0 bridgehead atoms. The lowest BCUT2D eigenvalue weighted by atomic mass is 9.67. The van der Waals surface area contributed by atoms with Crippen molar-refractivity contribution in [2.24, 2.45) is 11.8 Å². The zero-order chi connectivity index (χ0) is 32.8. The number of amides is 4. The average molecular weight is 665 g/mol. The Hall–Kier alpha value is -2.31. The molecule has 4 unspecified atom stereocenters. The van der Waals surface area contributed by atoms with Crippen molar-refractivity contribution in [3.05, 3.63) is 35.4 Å². The molecule has 0 N–H and O–H groups in total. The quantitative estimate of drug-likeness (QED) is 0.170. The van der Waals surface area contributed by atoms with Crippen molar-refractivity contribution in [2.75, 3.05) is 54.2 Å². The van der Waals surface area contributed by atoms with Crippen LogP contribution in [0, 0.1) is 11.8 Å². The first-order valence-electron chi connectivity index (χ1n) is 16.0. The zero-order valence-corrected chi connectivity index (χ0v) is 29.4. The van der Waals surface area contributed by atoms with E-state index >= 15 is 0 Å². The van der Waals surface area contributed by atoms with Gasteiger partial charge in [0.2, 0.25) is 23.6 Å². The van der Waals surface area contributed by atoms with E-state index in [0.29, 0.717) is 51.2 Å². The Labute approximate surface area is 268 Å². The van der Waals surface area contributed by atoms with Crippen molar-refractivity contribution >= 4 is 41.2 Å². The maximum Gasteiger partial charge on any atom is 0.500 e. The Morgan fingerprint density at radius 1 is 0.667 bits per heavy atom. The predicted octanol–water partition coefficient (Wildman–Crippen LogP) is 3.32. The monoisotopic (exact) mass is 664 g/mol. The molecule has 12 nitrogen and oxygen atoms in total. The Kier molecular flexibility index (Phi) is 12.3. The van der Waals surface area contributed by atoms with Crippen molar-refractivity contribution in [1.82, 2.24) is 9.80 Å². The molecule has 4 atom stereocenters. The van der Waals surface area contributed by atoms with Gasteiger partial charge in [0.15, 0.2) is 0 Å². The molecule has 1 aromatic carbocycles. The minimum Gasteiger partial charge on any atom is -0.377 e. The smallest absolute Gasteiger partial charge is 0.377 e. The summed E-state index contributed by atoms with van der Waals surface area (Å²) in [5.41, 5.74) is 1.64. The van der Waals surface area contributed by atoms with E-state index in [0.717, 1.165) is 11.1 Å². The molecule has 2 saturated heterocycles. The van der Waals surface area contributed by atoms with Gasteiger partial charge in [-0.1, -0.05) is 24.3 Å². The number of carbonyl (C=O) groups is 4. The molecule has 2 heterocycles. The van der Waals surface area contributed by atoms with Crippen LogP contribution in [0.15, 0.2) is 24.3 Å². The maximum absolute atomic E-state index is 13.8. The first-order valence-corrected chi connectivity index (χ1v) is 19.9. The van der Waals surface area contributed by atoms with Crippen molar-refractivity contribution in [3.8, 4) is 0 Å². The van der Waals surface area contributed by atoms with Crippen molar-refractivity contribution in [2.45, 2.75) is 70.4 Å². The van der Waals surface area contributed by atoms with Gasteiger partial charge in [-0.3, -0.25) is 29.0 Å². The van der Waals surface area contributed by atoms with Crippen molar-refractivity contribution < 1.29 is 45.7 Å². The van der Waals surface area contributed by atoms with Crippen LogP contribution in [0.25, 0.3) is 0 Å². The number of imide groups is 2. The Morgan fingerprint density at radius 3 is 1.73 bits per heavy atom. The molecule has 0 aromatic heterocycles. The molecule has 250 valence electrons. The third-order valence-electron chi connectivity index (χ3n) is 9.28. The van der Waals surface area contributed by atoms with Gasteiger partial charge in [-0.2, -0.15) is 0 Å². The lowest BCUT2D eigenvalue weighted by molar-refractivity contribution is -0.141. The summed E-state index contributed by atoms with van der Waals surface area (Å²) in [5, 5.41) is 0. The van der Waals surface area contributed by atoms with Gasteiger partial charge in [0.05, 0.1) is 17.8 Å². The normalized spacial score (nSPS) is 23.7. The first-order chi connectivity index (χ1) is 21.6. The maximum atomic E-state index is 13.8. The second-order valence-corrected chi connectivity index (χ2v) is 17.4. The van der Waals surface area contributed by atoms with E-state index < -0.39 is 35.4 Å². The molecular weight excluding hydrogens is 617 g/mol. The number of benzene rings is 1. The highest BCUT2D eigenvalue weighted by Gasteiger charge is 2.55. The van der Waals surface area contributed by atoms with E-state index in [1.165, 1.54) is 31.1 Å². The summed E-state index contributed by atoms with van der Waals surface area (Å²) >= 11 is 0. The van der Waals surface area contributed by atoms with Crippen LogP contribution in [-0.4, -0.2) is 105 Å². The van der Waals surface area contributed by atoms with Crippen LogP contribution in [0.1, 0.15) is 69.4 Å².